The van der Waals surface area contributed by atoms with E-state index in [4.69, 9.17) is 16.3 Å². The van der Waals surface area contributed by atoms with Gasteiger partial charge in [0.15, 0.2) is 0 Å². The number of hydrogen-bond acceptors (Lipinski definition) is 3. The lowest BCUT2D eigenvalue weighted by molar-refractivity contribution is 0.0593. The molecule has 0 aromatic carbocycles. The molecule has 0 atom stereocenters. The van der Waals surface area contributed by atoms with Gasteiger partial charge < -0.3 is 14.7 Å². The van der Waals surface area contributed by atoms with E-state index in [0.29, 0.717) is 6.42 Å². The first kappa shape index (κ1) is 13.8. The predicted octanol–water partition coefficient (Wildman–Crippen LogP) is 1.24. The summed E-state index contributed by atoms with van der Waals surface area (Å²) in [6.07, 6.45) is 5.01. The molecular formula is C11H19NO3. The Labute approximate surface area is 91.2 Å². The molecule has 1 amide bonds. The lowest BCUT2D eigenvalue weighted by Crippen LogP contribution is -2.47. The van der Waals surface area contributed by atoms with Gasteiger partial charge in [0, 0.05) is 18.5 Å². The predicted molar refractivity (Wildman–Crippen MR) is 58.3 cm³/mol. The zero-order valence-electron chi connectivity index (χ0n) is 9.62. The molecule has 0 saturated heterocycles. The van der Waals surface area contributed by atoms with Gasteiger partial charge in [-0.05, 0) is 20.8 Å². The standard InChI is InChI=1S/C11H19NO3/c1-5-6-9-15-10(14)12(7-8-13)11(2,3)4/h1,13H,6-9H2,2-4H3. The summed E-state index contributed by atoms with van der Waals surface area (Å²) in [4.78, 5) is 13.1. The number of aliphatic hydroxyl groups is 1. The van der Waals surface area contributed by atoms with Gasteiger partial charge in [-0.15, -0.1) is 12.3 Å². The van der Waals surface area contributed by atoms with E-state index in [1.807, 2.05) is 20.8 Å². The molecule has 15 heavy (non-hydrogen) atoms. The monoisotopic (exact) mass is 213 g/mol. The van der Waals surface area contributed by atoms with Crippen LogP contribution in [-0.2, 0) is 4.74 Å². The van der Waals surface area contributed by atoms with E-state index in [1.165, 1.54) is 4.90 Å². The number of aliphatic hydroxyl groups excluding tert-OH is 1. The van der Waals surface area contributed by atoms with E-state index >= 15 is 0 Å². The lowest BCUT2D eigenvalue weighted by atomic mass is 10.1. The molecule has 0 aromatic heterocycles. The highest BCUT2D eigenvalue weighted by Gasteiger charge is 2.26. The second kappa shape index (κ2) is 6.31. The lowest BCUT2D eigenvalue weighted by Gasteiger charge is -2.34. The minimum Gasteiger partial charge on any atom is -0.448 e. The molecule has 0 radical (unpaired) electrons. The zero-order chi connectivity index (χ0) is 11.9. The van der Waals surface area contributed by atoms with Crippen molar-refractivity contribution in [2.75, 3.05) is 19.8 Å². The van der Waals surface area contributed by atoms with Gasteiger partial charge in [-0.25, -0.2) is 4.79 Å². The van der Waals surface area contributed by atoms with E-state index in [1.54, 1.807) is 0 Å². The van der Waals surface area contributed by atoms with E-state index in [9.17, 15) is 4.79 Å². The molecule has 0 aliphatic rings. The van der Waals surface area contributed by atoms with Crippen molar-refractivity contribution in [3.8, 4) is 12.3 Å². The minimum atomic E-state index is -0.438. The van der Waals surface area contributed by atoms with Crippen molar-refractivity contribution >= 4 is 6.09 Å². The number of β-amino-alcohol motifs (C(OH)–C–C–N with tert-alkyl or cyclic N) is 1. The molecule has 4 heteroatoms. The Bertz CT molecular complexity index is 237. The van der Waals surface area contributed by atoms with Crippen LogP contribution < -0.4 is 0 Å². The second-order valence-corrected chi connectivity index (χ2v) is 4.11. The van der Waals surface area contributed by atoms with Crippen molar-refractivity contribution in [1.29, 1.82) is 0 Å². The number of carbonyl (C=O) groups excluding carboxylic acids is 1. The SMILES string of the molecule is C#CCCOC(=O)N(CCO)C(C)(C)C. The van der Waals surface area contributed by atoms with Crippen LogP contribution in [0.2, 0.25) is 0 Å². The maximum absolute atomic E-state index is 11.6. The average Bonchev–Trinajstić information content (AvgIpc) is 2.12. The molecule has 86 valence electrons. The smallest absolute Gasteiger partial charge is 0.410 e. The molecule has 0 saturated carbocycles. The number of terminal acetylenes is 1. The molecule has 0 aliphatic carbocycles. The Morgan fingerprint density at radius 1 is 1.53 bits per heavy atom. The van der Waals surface area contributed by atoms with Crippen LogP contribution in [0, 0.1) is 12.3 Å². The van der Waals surface area contributed by atoms with Crippen molar-refractivity contribution < 1.29 is 14.6 Å². The third-order valence-corrected chi connectivity index (χ3v) is 1.83. The van der Waals surface area contributed by atoms with Crippen LogP contribution in [0.15, 0.2) is 0 Å². The van der Waals surface area contributed by atoms with Crippen LogP contribution in [0.25, 0.3) is 0 Å². The number of hydrogen-bond donors (Lipinski definition) is 1. The van der Waals surface area contributed by atoms with Crippen molar-refractivity contribution in [2.45, 2.75) is 32.7 Å². The van der Waals surface area contributed by atoms with Gasteiger partial charge in [-0.2, -0.15) is 0 Å². The molecule has 0 aromatic rings. The highest BCUT2D eigenvalue weighted by Crippen LogP contribution is 2.14. The van der Waals surface area contributed by atoms with Gasteiger partial charge in [0.05, 0.1) is 6.61 Å². The highest BCUT2D eigenvalue weighted by molar-refractivity contribution is 5.68. The average molecular weight is 213 g/mol. The van der Waals surface area contributed by atoms with E-state index < -0.39 is 6.09 Å². The topological polar surface area (TPSA) is 49.8 Å². The Morgan fingerprint density at radius 2 is 2.13 bits per heavy atom. The summed E-state index contributed by atoms with van der Waals surface area (Å²) in [5.41, 5.74) is -0.365. The Balaban J connectivity index is 4.25. The van der Waals surface area contributed by atoms with Gasteiger partial charge in [0.1, 0.15) is 6.61 Å². The van der Waals surface area contributed by atoms with E-state index in [2.05, 4.69) is 5.92 Å². The van der Waals surface area contributed by atoms with Gasteiger partial charge >= 0.3 is 6.09 Å². The summed E-state index contributed by atoms with van der Waals surface area (Å²) >= 11 is 0. The molecule has 4 nitrogen and oxygen atoms in total. The van der Waals surface area contributed by atoms with Crippen molar-refractivity contribution in [1.82, 2.24) is 4.90 Å². The van der Waals surface area contributed by atoms with Crippen LogP contribution in [0.1, 0.15) is 27.2 Å². The molecule has 1 N–H and O–H groups in total. The normalized spacial score (nSPS) is 10.6. The maximum Gasteiger partial charge on any atom is 0.410 e. The quantitative estimate of drug-likeness (QED) is 0.564. The van der Waals surface area contributed by atoms with E-state index in [0.717, 1.165) is 0 Å². The van der Waals surface area contributed by atoms with Gasteiger partial charge in [0.25, 0.3) is 0 Å². The molecule has 0 aliphatic heterocycles. The third kappa shape index (κ3) is 5.28. The molecular weight excluding hydrogens is 194 g/mol. The Hall–Kier alpha value is -1.21. The molecule has 0 spiro atoms. The molecule has 0 heterocycles. The summed E-state index contributed by atoms with van der Waals surface area (Å²) in [5.74, 6) is 2.39. The van der Waals surface area contributed by atoms with Crippen molar-refractivity contribution in [3.05, 3.63) is 0 Å². The fraction of sp³-hybridized carbons (Fsp3) is 0.727. The molecule has 0 fully saturated rings. The van der Waals surface area contributed by atoms with Crippen molar-refractivity contribution in [2.24, 2.45) is 0 Å². The number of carbonyl (C=O) groups is 1. The van der Waals surface area contributed by atoms with Crippen LogP contribution in [0.4, 0.5) is 4.79 Å². The maximum atomic E-state index is 11.6. The Morgan fingerprint density at radius 3 is 2.53 bits per heavy atom. The summed E-state index contributed by atoms with van der Waals surface area (Å²) in [6.45, 7) is 6.04. The van der Waals surface area contributed by atoms with Crippen LogP contribution in [0.3, 0.4) is 0 Å². The number of ether oxygens (including phenoxy) is 1. The highest BCUT2D eigenvalue weighted by atomic mass is 16.6. The molecule has 0 unspecified atom stereocenters. The van der Waals surface area contributed by atoms with Crippen molar-refractivity contribution in [3.63, 3.8) is 0 Å². The minimum absolute atomic E-state index is 0.0818. The number of nitrogens with zero attached hydrogens (tertiary/aromatic N) is 1. The number of rotatable bonds is 4. The van der Waals surface area contributed by atoms with Gasteiger partial charge in [-0.1, -0.05) is 0 Å². The van der Waals surface area contributed by atoms with Crippen LogP contribution >= 0.6 is 0 Å². The number of amides is 1. The van der Waals surface area contributed by atoms with Gasteiger partial charge in [-0.3, -0.25) is 0 Å². The first-order valence-electron chi connectivity index (χ1n) is 4.92. The first-order valence-corrected chi connectivity index (χ1v) is 4.92. The largest absolute Gasteiger partial charge is 0.448 e. The fourth-order valence-electron chi connectivity index (χ4n) is 1.08. The van der Waals surface area contributed by atoms with E-state index in [-0.39, 0.29) is 25.3 Å². The van der Waals surface area contributed by atoms with Crippen LogP contribution in [-0.4, -0.2) is 41.4 Å². The zero-order valence-corrected chi connectivity index (χ0v) is 9.62. The fourth-order valence-corrected chi connectivity index (χ4v) is 1.08. The Kier molecular flexibility index (Phi) is 5.80. The third-order valence-electron chi connectivity index (χ3n) is 1.83. The molecule has 0 bridgehead atoms. The summed E-state index contributed by atoms with van der Waals surface area (Å²) in [5, 5.41) is 8.84. The second-order valence-electron chi connectivity index (χ2n) is 4.11. The van der Waals surface area contributed by atoms with Gasteiger partial charge in [0.2, 0.25) is 0 Å². The van der Waals surface area contributed by atoms with Crippen LogP contribution in [0.5, 0.6) is 0 Å². The summed E-state index contributed by atoms with van der Waals surface area (Å²) < 4.78 is 4.96. The summed E-state index contributed by atoms with van der Waals surface area (Å²) in [6, 6.07) is 0. The summed E-state index contributed by atoms with van der Waals surface area (Å²) in [7, 11) is 0. The molecule has 0 rings (SSSR count). The first-order chi connectivity index (χ1) is 6.93.